The highest BCUT2D eigenvalue weighted by molar-refractivity contribution is 5.85. The van der Waals surface area contributed by atoms with Crippen molar-refractivity contribution in [3.63, 3.8) is 0 Å². The zero-order valence-corrected chi connectivity index (χ0v) is 11.5. The van der Waals surface area contributed by atoms with Crippen LogP contribution in [0.2, 0.25) is 0 Å². The molecule has 1 atom stereocenters. The first-order valence-corrected chi connectivity index (χ1v) is 6.04. The van der Waals surface area contributed by atoms with Crippen molar-refractivity contribution >= 4 is 11.4 Å². The van der Waals surface area contributed by atoms with Crippen molar-refractivity contribution in [1.29, 1.82) is 0 Å². The normalized spacial score (nSPS) is 16.7. The van der Waals surface area contributed by atoms with E-state index in [0.29, 0.717) is 6.42 Å². The topological polar surface area (TPSA) is 32.6 Å². The van der Waals surface area contributed by atoms with Crippen LogP contribution in [0, 0.1) is 5.41 Å². The Morgan fingerprint density at radius 2 is 1.65 bits per heavy atom. The molecule has 0 aromatic heterocycles. The van der Waals surface area contributed by atoms with Gasteiger partial charge >= 0.3 is 0 Å². The minimum atomic E-state index is -0.741. The molecule has 0 saturated heterocycles. The SMILES string of the molecule is CC(CC(C)(O)C(C)(C)C)=Nc1ccccc1. The van der Waals surface area contributed by atoms with Gasteiger partial charge in [0.15, 0.2) is 0 Å². The largest absolute Gasteiger partial charge is 0.389 e. The number of nitrogens with zero attached hydrogens (tertiary/aromatic N) is 1. The van der Waals surface area contributed by atoms with E-state index in [1.165, 1.54) is 0 Å². The molecule has 1 rings (SSSR count). The molecule has 94 valence electrons. The van der Waals surface area contributed by atoms with Gasteiger partial charge in [-0.2, -0.15) is 0 Å². The summed E-state index contributed by atoms with van der Waals surface area (Å²) in [7, 11) is 0. The predicted molar refractivity (Wildman–Crippen MR) is 73.9 cm³/mol. The standard InChI is InChI=1S/C15H23NO/c1-12(11-15(5,17)14(2,3)4)16-13-9-7-6-8-10-13/h6-10,17H,11H2,1-5H3. The Labute approximate surface area is 104 Å². The van der Waals surface area contributed by atoms with Crippen LogP contribution in [0.5, 0.6) is 0 Å². The summed E-state index contributed by atoms with van der Waals surface area (Å²) >= 11 is 0. The molecule has 0 heterocycles. The van der Waals surface area contributed by atoms with Crippen molar-refractivity contribution in [2.75, 3.05) is 0 Å². The molecule has 0 aliphatic rings. The molecule has 0 amide bonds. The highest BCUT2D eigenvalue weighted by Crippen LogP contribution is 2.33. The van der Waals surface area contributed by atoms with Crippen molar-refractivity contribution in [2.45, 2.75) is 46.6 Å². The summed E-state index contributed by atoms with van der Waals surface area (Å²) < 4.78 is 0. The van der Waals surface area contributed by atoms with Crippen molar-refractivity contribution in [3.05, 3.63) is 30.3 Å². The van der Waals surface area contributed by atoms with E-state index in [0.717, 1.165) is 11.4 Å². The maximum absolute atomic E-state index is 10.4. The van der Waals surface area contributed by atoms with Gasteiger partial charge in [0.05, 0.1) is 11.3 Å². The lowest BCUT2D eigenvalue weighted by Gasteiger charge is -2.37. The molecule has 0 fully saturated rings. The number of benzene rings is 1. The van der Waals surface area contributed by atoms with E-state index in [-0.39, 0.29) is 5.41 Å². The highest BCUT2D eigenvalue weighted by atomic mass is 16.3. The van der Waals surface area contributed by atoms with Crippen LogP contribution in [-0.2, 0) is 0 Å². The monoisotopic (exact) mass is 233 g/mol. The summed E-state index contributed by atoms with van der Waals surface area (Å²) in [6.45, 7) is 9.97. The molecular formula is C15H23NO. The molecule has 0 aliphatic heterocycles. The Bertz CT molecular complexity index is 385. The van der Waals surface area contributed by atoms with E-state index in [9.17, 15) is 5.11 Å². The average molecular weight is 233 g/mol. The Kier molecular flexibility index (Phi) is 4.10. The molecule has 0 bridgehead atoms. The van der Waals surface area contributed by atoms with E-state index >= 15 is 0 Å². The van der Waals surface area contributed by atoms with Gasteiger partial charge in [-0.15, -0.1) is 0 Å². The third-order valence-electron chi connectivity index (χ3n) is 3.29. The van der Waals surface area contributed by atoms with Gasteiger partial charge in [0.2, 0.25) is 0 Å². The molecular weight excluding hydrogens is 210 g/mol. The lowest BCUT2D eigenvalue weighted by molar-refractivity contribution is -0.0346. The molecule has 17 heavy (non-hydrogen) atoms. The maximum atomic E-state index is 10.4. The fourth-order valence-corrected chi connectivity index (χ4v) is 1.53. The summed E-state index contributed by atoms with van der Waals surface area (Å²) in [5.41, 5.74) is 1.00. The third kappa shape index (κ3) is 3.97. The van der Waals surface area contributed by atoms with Gasteiger partial charge < -0.3 is 5.11 Å². The fraction of sp³-hybridized carbons (Fsp3) is 0.533. The number of aliphatic imine (C=N–C) groups is 1. The Morgan fingerprint density at radius 1 is 1.12 bits per heavy atom. The van der Waals surface area contributed by atoms with Gasteiger partial charge in [0.1, 0.15) is 0 Å². The summed E-state index contributed by atoms with van der Waals surface area (Å²) in [6, 6.07) is 9.84. The number of hydrogen-bond donors (Lipinski definition) is 1. The van der Waals surface area contributed by atoms with Crippen LogP contribution in [0.1, 0.15) is 41.0 Å². The van der Waals surface area contributed by atoms with Crippen molar-refractivity contribution < 1.29 is 5.11 Å². The molecule has 0 spiro atoms. The van der Waals surface area contributed by atoms with Crippen molar-refractivity contribution in [2.24, 2.45) is 10.4 Å². The van der Waals surface area contributed by atoms with Gasteiger partial charge in [-0.3, -0.25) is 4.99 Å². The number of rotatable bonds is 3. The van der Waals surface area contributed by atoms with Crippen LogP contribution in [0.25, 0.3) is 0 Å². The summed E-state index contributed by atoms with van der Waals surface area (Å²) in [5.74, 6) is 0. The second-order valence-electron chi connectivity index (χ2n) is 5.88. The first-order valence-electron chi connectivity index (χ1n) is 6.04. The van der Waals surface area contributed by atoms with Gasteiger partial charge in [0.25, 0.3) is 0 Å². The average Bonchev–Trinajstić information content (AvgIpc) is 2.16. The maximum Gasteiger partial charge on any atom is 0.0719 e. The van der Waals surface area contributed by atoms with E-state index < -0.39 is 5.60 Å². The molecule has 0 radical (unpaired) electrons. The molecule has 1 aromatic carbocycles. The second-order valence-corrected chi connectivity index (χ2v) is 5.88. The molecule has 1 N–H and O–H groups in total. The van der Waals surface area contributed by atoms with Crippen LogP contribution < -0.4 is 0 Å². The molecule has 1 aromatic rings. The molecule has 1 unspecified atom stereocenters. The van der Waals surface area contributed by atoms with E-state index in [1.54, 1.807) is 0 Å². The van der Waals surface area contributed by atoms with E-state index in [4.69, 9.17) is 0 Å². The van der Waals surface area contributed by atoms with Gasteiger partial charge in [-0.05, 0) is 31.4 Å². The first kappa shape index (κ1) is 13.9. The number of para-hydroxylation sites is 1. The zero-order chi connectivity index (χ0) is 13.1. The highest BCUT2D eigenvalue weighted by Gasteiger charge is 2.35. The predicted octanol–water partition coefficient (Wildman–Crippen LogP) is 3.97. The van der Waals surface area contributed by atoms with Crippen LogP contribution in [0.15, 0.2) is 35.3 Å². The van der Waals surface area contributed by atoms with Gasteiger partial charge in [-0.1, -0.05) is 39.0 Å². The minimum absolute atomic E-state index is 0.152. The van der Waals surface area contributed by atoms with Gasteiger partial charge in [-0.25, -0.2) is 0 Å². The lowest BCUT2D eigenvalue weighted by Crippen LogP contribution is -2.41. The Balaban J connectivity index is 2.80. The summed E-state index contributed by atoms with van der Waals surface area (Å²) in [6.07, 6.45) is 0.589. The van der Waals surface area contributed by atoms with Gasteiger partial charge in [0, 0.05) is 12.1 Å². The molecule has 2 heteroatoms. The van der Waals surface area contributed by atoms with Crippen LogP contribution in [0.3, 0.4) is 0 Å². The smallest absolute Gasteiger partial charge is 0.0719 e. The van der Waals surface area contributed by atoms with E-state index in [1.807, 2.05) is 65.0 Å². The zero-order valence-electron chi connectivity index (χ0n) is 11.5. The molecule has 0 saturated carbocycles. The first-order chi connectivity index (χ1) is 7.72. The van der Waals surface area contributed by atoms with Crippen molar-refractivity contribution in [3.8, 4) is 0 Å². The summed E-state index contributed by atoms with van der Waals surface area (Å²) in [5, 5.41) is 10.4. The van der Waals surface area contributed by atoms with E-state index in [2.05, 4.69) is 4.99 Å². The minimum Gasteiger partial charge on any atom is -0.389 e. The van der Waals surface area contributed by atoms with Crippen molar-refractivity contribution in [1.82, 2.24) is 0 Å². The van der Waals surface area contributed by atoms with Crippen LogP contribution >= 0.6 is 0 Å². The second kappa shape index (κ2) is 5.01. The molecule has 2 nitrogen and oxygen atoms in total. The Morgan fingerprint density at radius 3 is 2.12 bits per heavy atom. The van der Waals surface area contributed by atoms with Crippen LogP contribution in [0.4, 0.5) is 5.69 Å². The fourth-order valence-electron chi connectivity index (χ4n) is 1.53. The quantitative estimate of drug-likeness (QED) is 0.787. The molecule has 0 aliphatic carbocycles. The number of aliphatic hydroxyl groups is 1. The lowest BCUT2D eigenvalue weighted by atomic mass is 9.75. The summed E-state index contributed by atoms with van der Waals surface area (Å²) in [4.78, 5) is 4.51. The Hall–Kier alpha value is -1.15. The number of hydrogen-bond acceptors (Lipinski definition) is 2. The third-order valence-corrected chi connectivity index (χ3v) is 3.29. The van der Waals surface area contributed by atoms with Crippen LogP contribution in [-0.4, -0.2) is 16.4 Å².